The third kappa shape index (κ3) is 4.63. The first kappa shape index (κ1) is 16.2. The molecule has 1 unspecified atom stereocenters. The lowest BCUT2D eigenvalue weighted by atomic mass is 9.98. The Morgan fingerprint density at radius 2 is 2.00 bits per heavy atom. The van der Waals surface area contributed by atoms with Gasteiger partial charge in [-0.1, -0.05) is 25.8 Å². The fourth-order valence-electron chi connectivity index (χ4n) is 3.12. The van der Waals surface area contributed by atoms with Crippen LogP contribution in [0.2, 0.25) is 0 Å². The van der Waals surface area contributed by atoms with E-state index in [0.717, 1.165) is 37.0 Å². The Morgan fingerprint density at radius 3 is 2.67 bits per heavy atom. The van der Waals surface area contributed by atoms with Crippen LogP contribution in [0.1, 0.15) is 44.6 Å². The summed E-state index contributed by atoms with van der Waals surface area (Å²) in [7, 11) is 1.70. The topological polar surface area (TPSA) is 30.5 Å². The van der Waals surface area contributed by atoms with Gasteiger partial charge in [0.1, 0.15) is 6.61 Å². The quantitative estimate of drug-likeness (QED) is 0.787. The van der Waals surface area contributed by atoms with Crippen molar-refractivity contribution in [2.24, 2.45) is 5.92 Å². The van der Waals surface area contributed by atoms with Crippen LogP contribution in [-0.4, -0.2) is 26.3 Å². The van der Waals surface area contributed by atoms with Crippen LogP contribution in [0.15, 0.2) is 18.2 Å². The predicted octanol–water partition coefficient (Wildman–Crippen LogP) is 3.94. The molecule has 0 saturated heterocycles. The molecule has 1 aliphatic rings. The van der Waals surface area contributed by atoms with Gasteiger partial charge in [-0.25, -0.2) is 0 Å². The molecule has 0 spiro atoms. The van der Waals surface area contributed by atoms with E-state index in [4.69, 9.17) is 9.47 Å². The largest absolute Gasteiger partial charge is 0.493 e. The minimum Gasteiger partial charge on any atom is -0.493 e. The Morgan fingerprint density at radius 1 is 1.24 bits per heavy atom. The van der Waals surface area contributed by atoms with E-state index in [2.05, 4.69) is 25.2 Å². The second-order valence-corrected chi connectivity index (χ2v) is 6.07. The number of nitrogens with one attached hydrogen (secondary N) is 1. The minimum absolute atomic E-state index is 0.457. The molecular formula is C18H29NO2. The molecule has 0 aromatic heterocycles. The third-order valence-corrected chi connectivity index (χ3v) is 4.36. The summed E-state index contributed by atoms with van der Waals surface area (Å²) in [5, 5.41) is 3.66. The van der Waals surface area contributed by atoms with Crippen molar-refractivity contribution in [2.45, 2.75) is 52.0 Å². The van der Waals surface area contributed by atoms with E-state index < -0.39 is 0 Å². The minimum atomic E-state index is 0.457. The van der Waals surface area contributed by atoms with Gasteiger partial charge < -0.3 is 14.8 Å². The van der Waals surface area contributed by atoms with Crippen molar-refractivity contribution in [1.29, 1.82) is 0 Å². The zero-order chi connectivity index (χ0) is 15.1. The summed E-state index contributed by atoms with van der Waals surface area (Å²) in [6, 6.07) is 6.57. The zero-order valence-electron chi connectivity index (χ0n) is 13.7. The van der Waals surface area contributed by atoms with E-state index in [1.165, 1.54) is 31.2 Å². The molecule has 1 fully saturated rings. The third-order valence-electron chi connectivity index (χ3n) is 4.36. The molecule has 1 aromatic carbocycles. The summed E-state index contributed by atoms with van der Waals surface area (Å²) in [6.07, 6.45) is 6.55. The summed E-state index contributed by atoms with van der Waals surface area (Å²) in [5.74, 6) is 2.44. The van der Waals surface area contributed by atoms with Crippen LogP contribution in [0, 0.1) is 12.8 Å². The van der Waals surface area contributed by atoms with Crippen LogP contribution in [0.25, 0.3) is 0 Å². The van der Waals surface area contributed by atoms with Gasteiger partial charge in [-0.05, 0) is 56.3 Å². The van der Waals surface area contributed by atoms with Crippen molar-refractivity contribution in [1.82, 2.24) is 5.32 Å². The molecule has 1 aliphatic carbocycles. The molecule has 0 radical (unpaired) electrons. The van der Waals surface area contributed by atoms with Gasteiger partial charge in [-0.2, -0.15) is 0 Å². The Labute approximate surface area is 129 Å². The summed E-state index contributed by atoms with van der Waals surface area (Å²) >= 11 is 0. The lowest BCUT2D eigenvalue weighted by molar-refractivity contribution is 0.210. The number of methoxy groups -OCH3 is 1. The first-order valence-electron chi connectivity index (χ1n) is 8.25. The summed E-state index contributed by atoms with van der Waals surface area (Å²) in [4.78, 5) is 0. The SMILES string of the molecule is CCCNC(COc1ccc(C)cc1OC)C1CCCC1. The van der Waals surface area contributed by atoms with Crippen LogP contribution in [-0.2, 0) is 0 Å². The lowest BCUT2D eigenvalue weighted by Crippen LogP contribution is -2.40. The van der Waals surface area contributed by atoms with E-state index in [9.17, 15) is 0 Å². The highest BCUT2D eigenvalue weighted by Crippen LogP contribution is 2.31. The lowest BCUT2D eigenvalue weighted by Gasteiger charge is -2.25. The van der Waals surface area contributed by atoms with Crippen LogP contribution < -0.4 is 14.8 Å². The van der Waals surface area contributed by atoms with E-state index >= 15 is 0 Å². The fraction of sp³-hybridized carbons (Fsp3) is 0.667. The Balaban J connectivity index is 1.96. The average Bonchev–Trinajstić information content (AvgIpc) is 3.02. The number of rotatable bonds is 8. The zero-order valence-corrected chi connectivity index (χ0v) is 13.7. The van der Waals surface area contributed by atoms with E-state index in [1.807, 2.05) is 12.1 Å². The second kappa shape index (κ2) is 8.28. The molecule has 1 atom stereocenters. The van der Waals surface area contributed by atoms with Crippen LogP contribution in [0.4, 0.5) is 0 Å². The van der Waals surface area contributed by atoms with Crippen LogP contribution >= 0.6 is 0 Å². The van der Waals surface area contributed by atoms with Gasteiger partial charge in [0, 0.05) is 6.04 Å². The van der Waals surface area contributed by atoms with E-state index in [-0.39, 0.29) is 0 Å². The number of ether oxygens (including phenoxy) is 2. The van der Waals surface area contributed by atoms with Crippen LogP contribution in [0.5, 0.6) is 11.5 Å². The van der Waals surface area contributed by atoms with Gasteiger partial charge in [-0.3, -0.25) is 0 Å². The number of hydrogen-bond donors (Lipinski definition) is 1. The second-order valence-electron chi connectivity index (χ2n) is 6.07. The van der Waals surface area contributed by atoms with Crippen molar-refractivity contribution in [3.05, 3.63) is 23.8 Å². The molecule has 21 heavy (non-hydrogen) atoms. The van der Waals surface area contributed by atoms with Gasteiger partial charge in [0.25, 0.3) is 0 Å². The van der Waals surface area contributed by atoms with E-state index in [0.29, 0.717) is 6.04 Å². The van der Waals surface area contributed by atoms with Gasteiger partial charge >= 0.3 is 0 Å². The normalized spacial score (nSPS) is 16.9. The Hall–Kier alpha value is -1.22. The van der Waals surface area contributed by atoms with Gasteiger partial charge in [0.05, 0.1) is 7.11 Å². The summed E-state index contributed by atoms with van der Waals surface area (Å²) in [6.45, 7) is 6.07. The molecule has 3 heteroatoms. The molecule has 1 aromatic rings. The molecule has 118 valence electrons. The molecular weight excluding hydrogens is 262 g/mol. The average molecular weight is 291 g/mol. The molecule has 1 N–H and O–H groups in total. The van der Waals surface area contributed by atoms with Crippen molar-refractivity contribution >= 4 is 0 Å². The fourth-order valence-corrected chi connectivity index (χ4v) is 3.12. The number of hydrogen-bond acceptors (Lipinski definition) is 3. The van der Waals surface area contributed by atoms with Crippen molar-refractivity contribution in [3.63, 3.8) is 0 Å². The highest BCUT2D eigenvalue weighted by Gasteiger charge is 2.25. The monoisotopic (exact) mass is 291 g/mol. The first-order valence-corrected chi connectivity index (χ1v) is 8.25. The molecule has 0 aliphatic heterocycles. The maximum atomic E-state index is 6.07. The Kier molecular flexibility index (Phi) is 6.37. The maximum absolute atomic E-state index is 6.07. The smallest absolute Gasteiger partial charge is 0.161 e. The molecule has 1 saturated carbocycles. The van der Waals surface area contributed by atoms with Gasteiger partial charge in [-0.15, -0.1) is 0 Å². The first-order chi connectivity index (χ1) is 10.2. The van der Waals surface area contributed by atoms with E-state index in [1.54, 1.807) is 7.11 Å². The predicted molar refractivity (Wildman–Crippen MR) is 87.3 cm³/mol. The van der Waals surface area contributed by atoms with Crippen LogP contribution in [0.3, 0.4) is 0 Å². The van der Waals surface area contributed by atoms with Crippen molar-refractivity contribution in [3.8, 4) is 11.5 Å². The van der Waals surface area contributed by atoms with Crippen molar-refractivity contribution < 1.29 is 9.47 Å². The molecule has 3 nitrogen and oxygen atoms in total. The van der Waals surface area contributed by atoms with Gasteiger partial charge in [0.15, 0.2) is 11.5 Å². The molecule has 0 amide bonds. The Bertz CT molecular complexity index is 427. The molecule has 0 bridgehead atoms. The summed E-state index contributed by atoms with van der Waals surface area (Å²) < 4.78 is 11.5. The maximum Gasteiger partial charge on any atom is 0.161 e. The molecule has 2 rings (SSSR count). The summed E-state index contributed by atoms with van der Waals surface area (Å²) in [5.41, 5.74) is 1.19. The highest BCUT2D eigenvalue weighted by molar-refractivity contribution is 5.42. The number of benzene rings is 1. The van der Waals surface area contributed by atoms with Gasteiger partial charge in [0.2, 0.25) is 0 Å². The highest BCUT2D eigenvalue weighted by atomic mass is 16.5. The standard InChI is InChI=1S/C18H29NO2/c1-4-11-19-16(15-7-5-6-8-15)13-21-17-10-9-14(2)12-18(17)20-3/h9-10,12,15-16,19H,4-8,11,13H2,1-3H3. The molecule has 0 heterocycles. The van der Waals surface area contributed by atoms with Crippen molar-refractivity contribution in [2.75, 3.05) is 20.3 Å². The number of aryl methyl sites for hydroxylation is 1.